The van der Waals surface area contributed by atoms with Gasteiger partial charge in [0, 0.05) is 0 Å². The molecule has 84 valence electrons. The van der Waals surface area contributed by atoms with Crippen molar-refractivity contribution in [2.45, 2.75) is 30.9 Å². The van der Waals surface area contributed by atoms with Gasteiger partial charge in [-0.1, -0.05) is 31.2 Å². The minimum atomic E-state index is -5.40. The Balaban J connectivity index is 4.70. The van der Waals surface area contributed by atoms with Crippen LogP contribution in [0, 0.1) is 0 Å². The maximum absolute atomic E-state index is 12.8. The van der Waals surface area contributed by atoms with Crippen LogP contribution >= 0.6 is 11.6 Å². The number of carbonyl (C=O) groups excluding carboxylic acids is 1. The van der Waals surface area contributed by atoms with Gasteiger partial charge in [0.05, 0.1) is 0 Å². The molecule has 0 radical (unpaired) electrons. The Bertz CT molecular complexity index is 235. The van der Waals surface area contributed by atoms with E-state index in [1.807, 2.05) is 4.98 Å². The third-order valence-corrected chi connectivity index (χ3v) is 2.49. The van der Waals surface area contributed by atoms with Gasteiger partial charge in [-0.15, -0.1) is 0 Å². The van der Waals surface area contributed by atoms with Crippen LogP contribution in [0.25, 0.3) is 0 Å². The van der Waals surface area contributed by atoms with Gasteiger partial charge in [0.15, 0.2) is 0 Å². The largest absolute Gasteiger partial charge is 0.446 e. The van der Waals surface area contributed by atoms with Gasteiger partial charge < -0.3 is 4.98 Å². The van der Waals surface area contributed by atoms with E-state index in [0.29, 0.717) is 0 Å². The molecule has 14 heavy (non-hydrogen) atoms. The fraction of sp³-hybridized carbons (Fsp3) is 0.833. The highest BCUT2D eigenvalue weighted by atomic mass is 35.5. The molecule has 1 atom stereocenters. The van der Waals surface area contributed by atoms with E-state index in [4.69, 9.17) is 0 Å². The van der Waals surface area contributed by atoms with Crippen molar-refractivity contribution in [3.63, 3.8) is 0 Å². The van der Waals surface area contributed by atoms with Crippen LogP contribution in [0.2, 0.25) is 19.6 Å². The van der Waals surface area contributed by atoms with Crippen LogP contribution in [0.1, 0.15) is 0 Å². The van der Waals surface area contributed by atoms with E-state index in [1.165, 1.54) is 0 Å². The number of alkyl halides is 5. The predicted molar refractivity (Wildman–Crippen MR) is 47.2 cm³/mol. The summed E-state index contributed by atoms with van der Waals surface area (Å²) in [7, 11) is -2.33. The molecule has 1 unspecified atom stereocenters. The van der Waals surface area contributed by atoms with E-state index in [-0.39, 0.29) is 0 Å². The van der Waals surface area contributed by atoms with Gasteiger partial charge in [-0.2, -0.15) is 13.2 Å². The van der Waals surface area contributed by atoms with Crippen LogP contribution in [0.15, 0.2) is 0 Å². The van der Waals surface area contributed by atoms with E-state index < -0.39 is 25.4 Å². The Morgan fingerprint density at radius 3 is 1.79 bits per heavy atom. The molecule has 0 spiro atoms. The average Bonchev–Trinajstić information content (AvgIpc) is 1.80. The fourth-order valence-corrected chi connectivity index (χ4v) is 1.53. The topological polar surface area (TPSA) is 29.1 Å². The smallest absolute Gasteiger partial charge is 0.378 e. The summed E-state index contributed by atoms with van der Waals surface area (Å²) in [6.07, 6.45) is -5.40. The zero-order chi connectivity index (χ0) is 11.8. The van der Waals surface area contributed by atoms with Crippen molar-refractivity contribution in [2.75, 3.05) is 0 Å². The molecule has 1 N–H and O–H groups in total. The summed E-state index contributed by atoms with van der Waals surface area (Å²) in [5, 5.41) is -4.34. The van der Waals surface area contributed by atoms with Gasteiger partial charge in [0.25, 0.3) is 5.91 Å². The Kier molecular flexibility index (Phi) is 3.61. The Morgan fingerprint density at radius 1 is 1.21 bits per heavy atom. The molecule has 0 aliphatic carbocycles. The maximum atomic E-state index is 12.8. The molecule has 0 aromatic heterocycles. The predicted octanol–water partition coefficient (Wildman–Crippen LogP) is 2.40. The highest BCUT2D eigenvalue weighted by molar-refractivity contribution is 6.76. The lowest BCUT2D eigenvalue weighted by Crippen LogP contribution is -2.56. The molecule has 0 heterocycles. The molecule has 0 saturated carbocycles. The van der Waals surface area contributed by atoms with Gasteiger partial charge in [0.1, 0.15) is 8.24 Å². The molecular formula is C6H10ClF4NOSi. The summed E-state index contributed by atoms with van der Waals surface area (Å²) in [4.78, 5) is 12.8. The molecule has 0 aromatic rings. The van der Waals surface area contributed by atoms with Gasteiger partial charge in [0.2, 0.25) is 0 Å². The van der Waals surface area contributed by atoms with Crippen molar-refractivity contribution < 1.29 is 22.4 Å². The van der Waals surface area contributed by atoms with Crippen molar-refractivity contribution in [1.82, 2.24) is 4.98 Å². The molecule has 0 fully saturated rings. The molecular weight excluding hydrogens is 242 g/mol. The summed E-state index contributed by atoms with van der Waals surface area (Å²) in [5.41, 5.74) is 0. The van der Waals surface area contributed by atoms with E-state index in [1.54, 1.807) is 19.6 Å². The van der Waals surface area contributed by atoms with Gasteiger partial charge >= 0.3 is 11.3 Å². The first-order chi connectivity index (χ1) is 5.88. The van der Waals surface area contributed by atoms with Crippen molar-refractivity contribution >= 4 is 25.7 Å². The summed E-state index contributed by atoms with van der Waals surface area (Å²) in [6.45, 7) is 4.65. The zero-order valence-electron chi connectivity index (χ0n) is 7.80. The first kappa shape index (κ1) is 13.7. The second-order valence-electron chi connectivity index (χ2n) is 3.78. The quantitative estimate of drug-likeness (QED) is 0.456. The normalized spacial score (nSPS) is 17.4. The fourth-order valence-electron chi connectivity index (χ4n) is 0.548. The van der Waals surface area contributed by atoms with E-state index in [9.17, 15) is 22.4 Å². The highest BCUT2D eigenvalue weighted by Gasteiger charge is 2.61. The third-order valence-electron chi connectivity index (χ3n) is 1.13. The SMILES string of the molecule is C[Si](C)(C)NC(=O)C(F)(Cl)C(F)(F)F. The summed E-state index contributed by atoms with van der Waals surface area (Å²) < 4.78 is 48.5. The molecule has 1 amide bonds. The number of carbonyl (C=O) groups is 1. The number of hydrogen-bond donors (Lipinski definition) is 1. The van der Waals surface area contributed by atoms with Crippen LogP contribution in [0.5, 0.6) is 0 Å². The van der Waals surface area contributed by atoms with E-state index >= 15 is 0 Å². The lowest BCUT2D eigenvalue weighted by Gasteiger charge is -2.25. The number of rotatable bonds is 2. The van der Waals surface area contributed by atoms with E-state index in [0.717, 1.165) is 0 Å². The second kappa shape index (κ2) is 3.69. The van der Waals surface area contributed by atoms with E-state index in [2.05, 4.69) is 11.6 Å². The van der Waals surface area contributed by atoms with Crippen molar-refractivity contribution in [3.05, 3.63) is 0 Å². The van der Waals surface area contributed by atoms with Crippen molar-refractivity contribution in [3.8, 4) is 0 Å². The molecule has 0 saturated heterocycles. The summed E-state index contributed by atoms with van der Waals surface area (Å²) in [6, 6.07) is 0. The lowest BCUT2D eigenvalue weighted by atomic mass is 10.3. The molecule has 0 aliphatic heterocycles. The molecule has 2 nitrogen and oxygen atoms in total. The Labute approximate surface area is 84.7 Å². The lowest BCUT2D eigenvalue weighted by molar-refractivity contribution is -0.199. The summed E-state index contributed by atoms with van der Waals surface area (Å²) in [5.74, 6) is -1.84. The van der Waals surface area contributed by atoms with Crippen LogP contribution in [-0.4, -0.2) is 25.4 Å². The number of nitrogens with one attached hydrogen (secondary N) is 1. The number of amides is 1. The zero-order valence-corrected chi connectivity index (χ0v) is 9.55. The minimum absolute atomic E-state index is 1.55. The van der Waals surface area contributed by atoms with Gasteiger partial charge in [-0.05, 0) is 0 Å². The number of hydrogen-bond acceptors (Lipinski definition) is 1. The van der Waals surface area contributed by atoms with Crippen LogP contribution in [0.3, 0.4) is 0 Å². The number of halogens is 5. The second-order valence-corrected chi connectivity index (χ2v) is 9.05. The molecule has 0 aliphatic rings. The Morgan fingerprint density at radius 2 is 1.57 bits per heavy atom. The van der Waals surface area contributed by atoms with Crippen LogP contribution in [0.4, 0.5) is 17.6 Å². The van der Waals surface area contributed by atoms with Crippen LogP contribution in [-0.2, 0) is 4.79 Å². The first-order valence-electron chi connectivity index (χ1n) is 3.65. The molecule has 0 rings (SSSR count). The first-order valence-corrected chi connectivity index (χ1v) is 7.53. The third kappa shape index (κ3) is 3.45. The summed E-state index contributed by atoms with van der Waals surface area (Å²) >= 11 is 4.49. The molecule has 0 bridgehead atoms. The highest BCUT2D eigenvalue weighted by Crippen LogP contribution is 2.37. The van der Waals surface area contributed by atoms with Gasteiger partial charge in [-0.3, -0.25) is 4.79 Å². The van der Waals surface area contributed by atoms with Crippen LogP contribution < -0.4 is 4.98 Å². The Hall–Kier alpha value is -0.303. The standard InChI is InChI=1S/C6H10ClF4NOSi/c1-14(2,3)12-4(13)5(7,8)6(9,10)11/h1-3H3,(H,12,13). The van der Waals surface area contributed by atoms with Gasteiger partial charge in [-0.25, -0.2) is 4.39 Å². The molecule has 8 heteroatoms. The van der Waals surface area contributed by atoms with Crippen molar-refractivity contribution in [2.24, 2.45) is 0 Å². The maximum Gasteiger partial charge on any atom is 0.446 e. The monoisotopic (exact) mass is 251 g/mol. The minimum Gasteiger partial charge on any atom is -0.378 e. The molecule has 0 aromatic carbocycles. The van der Waals surface area contributed by atoms with Crippen molar-refractivity contribution in [1.29, 1.82) is 0 Å². The average molecular weight is 252 g/mol.